The summed E-state index contributed by atoms with van der Waals surface area (Å²) in [6.07, 6.45) is 2.35. The van der Waals surface area contributed by atoms with E-state index in [1.54, 1.807) is 12.1 Å². The summed E-state index contributed by atoms with van der Waals surface area (Å²) in [6.45, 7) is 0.720. The SMILES string of the molecule is O=C(NCC1(CBr)CC1)c1ccc(O)cc1. The van der Waals surface area contributed by atoms with Crippen LogP contribution in [-0.4, -0.2) is 22.9 Å². The van der Waals surface area contributed by atoms with Crippen molar-refractivity contribution in [2.24, 2.45) is 5.41 Å². The number of carbonyl (C=O) groups excluding carboxylic acids is 1. The first kappa shape index (κ1) is 11.5. The van der Waals surface area contributed by atoms with Crippen molar-refractivity contribution in [2.75, 3.05) is 11.9 Å². The van der Waals surface area contributed by atoms with E-state index >= 15 is 0 Å². The van der Waals surface area contributed by atoms with Crippen LogP contribution in [0.3, 0.4) is 0 Å². The van der Waals surface area contributed by atoms with Gasteiger partial charge in [-0.1, -0.05) is 15.9 Å². The maximum atomic E-state index is 11.7. The van der Waals surface area contributed by atoms with Crippen molar-refractivity contribution in [1.82, 2.24) is 5.32 Å². The maximum Gasteiger partial charge on any atom is 0.251 e. The van der Waals surface area contributed by atoms with Gasteiger partial charge in [0.2, 0.25) is 0 Å². The molecule has 86 valence electrons. The predicted molar refractivity (Wildman–Crippen MR) is 65.9 cm³/mol. The summed E-state index contributed by atoms with van der Waals surface area (Å²) in [7, 11) is 0. The fourth-order valence-corrected chi connectivity index (χ4v) is 2.28. The summed E-state index contributed by atoms with van der Waals surface area (Å²) in [4.78, 5) is 11.7. The Balaban J connectivity index is 1.91. The molecule has 16 heavy (non-hydrogen) atoms. The second-order valence-corrected chi connectivity index (χ2v) is 4.92. The van der Waals surface area contributed by atoms with E-state index in [-0.39, 0.29) is 17.1 Å². The molecule has 0 aliphatic heterocycles. The molecule has 2 N–H and O–H groups in total. The zero-order chi connectivity index (χ0) is 11.6. The van der Waals surface area contributed by atoms with E-state index < -0.39 is 0 Å². The number of phenols is 1. The molecule has 1 aliphatic carbocycles. The van der Waals surface area contributed by atoms with Gasteiger partial charge < -0.3 is 10.4 Å². The third kappa shape index (κ3) is 2.55. The molecule has 0 bridgehead atoms. The van der Waals surface area contributed by atoms with E-state index in [1.807, 2.05) is 0 Å². The number of halogens is 1. The highest BCUT2D eigenvalue weighted by molar-refractivity contribution is 9.09. The molecule has 0 radical (unpaired) electrons. The van der Waals surface area contributed by atoms with Gasteiger partial charge in [-0.25, -0.2) is 0 Å². The van der Waals surface area contributed by atoms with Crippen molar-refractivity contribution in [1.29, 1.82) is 0 Å². The normalized spacial score (nSPS) is 16.8. The number of rotatable bonds is 4. The molecule has 1 aromatic carbocycles. The zero-order valence-electron chi connectivity index (χ0n) is 8.87. The van der Waals surface area contributed by atoms with Gasteiger partial charge in [0.1, 0.15) is 5.75 Å². The van der Waals surface area contributed by atoms with Crippen LogP contribution in [0.25, 0.3) is 0 Å². The molecular weight excluding hydrogens is 270 g/mol. The van der Waals surface area contributed by atoms with Crippen LogP contribution in [0.15, 0.2) is 24.3 Å². The molecule has 1 fully saturated rings. The van der Waals surface area contributed by atoms with Crippen LogP contribution in [-0.2, 0) is 0 Å². The Labute approximate surface area is 103 Å². The monoisotopic (exact) mass is 283 g/mol. The molecule has 0 spiro atoms. The smallest absolute Gasteiger partial charge is 0.251 e. The molecule has 1 aromatic rings. The number of hydrogen-bond donors (Lipinski definition) is 2. The third-order valence-corrected chi connectivity index (χ3v) is 4.18. The van der Waals surface area contributed by atoms with Crippen molar-refractivity contribution in [3.63, 3.8) is 0 Å². The van der Waals surface area contributed by atoms with Crippen molar-refractivity contribution >= 4 is 21.8 Å². The Kier molecular flexibility index (Phi) is 3.19. The summed E-state index contributed by atoms with van der Waals surface area (Å²) < 4.78 is 0. The standard InChI is InChI=1S/C12H14BrNO2/c13-7-12(5-6-12)8-14-11(16)9-1-3-10(15)4-2-9/h1-4,15H,5-8H2,(H,14,16). The second-order valence-electron chi connectivity index (χ2n) is 4.36. The van der Waals surface area contributed by atoms with Crippen LogP contribution in [0.5, 0.6) is 5.75 Å². The second kappa shape index (κ2) is 4.45. The van der Waals surface area contributed by atoms with Gasteiger partial charge in [0.15, 0.2) is 0 Å². The fraction of sp³-hybridized carbons (Fsp3) is 0.417. The Bertz CT molecular complexity index is 385. The van der Waals surface area contributed by atoms with Crippen molar-refractivity contribution in [3.8, 4) is 5.75 Å². The highest BCUT2D eigenvalue weighted by Gasteiger charge is 2.41. The molecule has 3 nitrogen and oxygen atoms in total. The summed E-state index contributed by atoms with van der Waals surface area (Å²) in [5.41, 5.74) is 0.871. The molecule has 0 heterocycles. The third-order valence-electron chi connectivity index (χ3n) is 2.99. The molecular formula is C12H14BrNO2. The lowest BCUT2D eigenvalue weighted by atomic mass is 10.1. The number of alkyl halides is 1. The van der Waals surface area contributed by atoms with Gasteiger partial charge in [0, 0.05) is 17.4 Å². The molecule has 1 amide bonds. The van der Waals surface area contributed by atoms with E-state index in [2.05, 4.69) is 21.2 Å². The van der Waals surface area contributed by atoms with Crippen LogP contribution in [0, 0.1) is 5.41 Å². The lowest BCUT2D eigenvalue weighted by molar-refractivity contribution is 0.0946. The van der Waals surface area contributed by atoms with Crippen LogP contribution in [0.2, 0.25) is 0 Å². The molecule has 0 unspecified atom stereocenters. The quantitative estimate of drug-likeness (QED) is 0.833. The van der Waals surface area contributed by atoms with Crippen molar-refractivity contribution in [3.05, 3.63) is 29.8 Å². The minimum Gasteiger partial charge on any atom is -0.508 e. The highest BCUT2D eigenvalue weighted by Crippen LogP contribution is 2.46. The van der Waals surface area contributed by atoms with Gasteiger partial charge >= 0.3 is 0 Å². The number of aromatic hydroxyl groups is 1. The van der Waals surface area contributed by atoms with E-state index in [4.69, 9.17) is 5.11 Å². The van der Waals surface area contributed by atoms with Crippen molar-refractivity contribution in [2.45, 2.75) is 12.8 Å². The average molecular weight is 284 g/mol. The zero-order valence-corrected chi connectivity index (χ0v) is 10.5. The molecule has 1 saturated carbocycles. The molecule has 4 heteroatoms. The van der Waals surface area contributed by atoms with Crippen LogP contribution in [0.4, 0.5) is 0 Å². The van der Waals surface area contributed by atoms with E-state index in [9.17, 15) is 4.79 Å². The average Bonchev–Trinajstić information content (AvgIpc) is 3.08. The minimum absolute atomic E-state index is 0.0766. The van der Waals surface area contributed by atoms with Crippen molar-refractivity contribution < 1.29 is 9.90 Å². The molecule has 0 saturated heterocycles. The maximum absolute atomic E-state index is 11.7. The van der Waals surface area contributed by atoms with Gasteiger partial charge in [0.25, 0.3) is 5.91 Å². The topological polar surface area (TPSA) is 49.3 Å². The Morgan fingerprint density at radius 1 is 1.38 bits per heavy atom. The van der Waals surface area contributed by atoms with E-state index in [0.717, 1.165) is 11.9 Å². The molecule has 0 atom stereocenters. The summed E-state index contributed by atoms with van der Waals surface area (Å²) in [6, 6.07) is 6.29. The Morgan fingerprint density at radius 3 is 2.50 bits per heavy atom. The Hall–Kier alpha value is -1.03. The Morgan fingerprint density at radius 2 is 2.00 bits per heavy atom. The van der Waals surface area contributed by atoms with E-state index in [0.29, 0.717) is 5.56 Å². The summed E-state index contributed by atoms with van der Waals surface area (Å²) >= 11 is 3.46. The highest BCUT2D eigenvalue weighted by atomic mass is 79.9. The summed E-state index contributed by atoms with van der Waals surface area (Å²) in [5, 5.41) is 13.0. The minimum atomic E-state index is -0.0766. The van der Waals surface area contributed by atoms with Gasteiger partial charge in [-0.15, -0.1) is 0 Å². The van der Waals surface area contributed by atoms with Crippen LogP contribution >= 0.6 is 15.9 Å². The lowest BCUT2D eigenvalue weighted by Crippen LogP contribution is -2.30. The van der Waals surface area contributed by atoms with Gasteiger partial charge in [-0.2, -0.15) is 0 Å². The number of nitrogens with one attached hydrogen (secondary N) is 1. The first-order valence-electron chi connectivity index (χ1n) is 5.28. The molecule has 2 rings (SSSR count). The number of hydrogen-bond acceptors (Lipinski definition) is 2. The number of amides is 1. The predicted octanol–water partition coefficient (Wildman–Crippen LogP) is 2.30. The fourth-order valence-electron chi connectivity index (χ4n) is 1.52. The van der Waals surface area contributed by atoms with Gasteiger partial charge in [-0.05, 0) is 42.5 Å². The number of benzene rings is 1. The number of phenolic OH excluding ortho intramolecular Hbond substituents is 1. The first-order chi connectivity index (χ1) is 7.65. The van der Waals surface area contributed by atoms with E-state index in [1.165, 1.54) is 25.0 Å². The first-order valence-corrected chi connectivity index (χ1v) is 6.41. The largest absolute Gasteiger partial charge is 0.508 e. The van der Waals surface area contributed by atoms with Gasteiger partial charge in [0.05, 0.1) is 0 Å². The van der Waals surface area contributed by atoms with Crippen LogP contribution < -0.4 is 5.32 Å². The molecule has 0 aromatic heterocycles. The molecule has 1 aliphatic rings. The summed E-state index contributed by atoms with van der Waals surface area (Å²) in [5.74, 6) is 0.0999. The van der Waals surface area contributed by atoms with Gasteiger partial charge in [-0.3, -0.25) is 4.79 Å². The number of carbonyl (C=O) groups is 1. The lowest BCUT2D eigenvalue weighted by Gasteiger charge is -2.12. The van der Waals surface area contributed by atoms with Crippen LogP contribution in [0.1, 0.15) is 23.2 Å².